The monoisotopic (exact) mass is 705 g/mol. The van der Waals surface area contributed by atoms with Crippen LogP contribution in [0.3, 0.4) is 0 Å². The SMILES string of the molecule is c1ccc(-c2c3c(c(-c4ccccc4)c4cnccc24)-c2cccc4c(-c5cc6c7cccc8c7c(cc6c6ccccc56)-c5ccccc5-8)ccc-3c24)cc1. The summed E-state index contributed by atoms with van der Waals surface area (Å²) < 4.78 is 0. The maximum absolute atomic E-state index is 4.71. The van der Waals surface area contributed by atoms with Crippen LogP contribution in [0, 0.1) is 0 Å². The van der Waals surface area contributed by atoms with Crippen molar-refractivity contribution in [3.05, 3.63) is 188 Å². The first-order valence-corrected chi connectivity index (χ1v) is 19.5. The summed E-state index contributed by atoms with van der Waals surface area (Å²) in [6.07, 6.45) is 4.01. The van der Waals surface area contributed by atoms with Crippen molar-refractivity contribution in [1.29, 1.82) is 0 Å². The average molecular weight is 706 g/mol. The highest BCUT2D eigenvalue weighted by Gasteiger charge is 2.32. The Morgan fingerprint density at radius 1 is 0.250 bits per heavy atom. The molecule has 0 unspecified atom stereocenters. The maximum atomic E-state index is 4.71. The van der Waals surface area contributed by atoms with E-state index in [9.17, 15) is 0 Å². The van der Waals surface area contributed by atoms with Crippen molar-refractivity contribution in [1.82, 2.24) is 4.98 Å². The lowest BCUT2D eigenvalue weighted by Gasteiger charge is -2.20. The molecule has 0 N–H and O–H groups in total. The van der Waals surface area contributed by atoms with Crippen molar-refractivity contribution in [2.75, 3.05) is 0 Å². The van der Waals surface area contributed by atoms with Gasteiger partial charge in [0.05, 0.1) is 0 Å². The van der Waals surface area contributed by atoms with Gasteiger partial charge in [-0.25, -0.2) is 0 Å². The first kappa shape index (κ1) is 30.0. The van der Waals surface area contributed by atoms with Gasteiger partial charge in [0.15, 0.2) is 0 Å². The molecule has 0 bridgehead atoms. The highest BCUT2D eigenvalue weighted by molar-refractivity contribution is 6.32. The molecule has 2 aliphatic rings. The molecule has 256 valence electrons. The number of hydrogen-bond donors (Lipinski definition) is 0. The van der Waals surface area contributed by atoms with Gasteiger partial charge in [0.25, 0.3) is 0 Å². The van der Waals surface area contributed by atoms with Gasteiger partial charge < -0.3 is 0 Å². The molecule has 0 spiro atoms. The van der Waals surface area contributed by atoms with E-state index >= 15 is 0 Å². The molecule has 1 aromatic heterocycles. The quantitative estimate of drug-likeness (QED) is 0.167. The minimum Gasteiger partial charge on any atom is -0.264 e. The number of pyridine rings is 1. The lowest BCUT2D eigenvalue weighted by Crippen LogP contribution is -1.94. The van der Waals surface area contributed by atoms with Crippen LogP contribution in [0.2, 0.25) is 0 Å². The van der Waals surface area contributed by atoms with Gasteiger partial charge in [0, 0.05) is 17.8 Å². The van der Waals surface area contributed by atoms with Crippen molar-refractivity contribution >= 4 is 53.9 Å². The van der Waals surface area contributed by atoms with Crippen molar-refractivity contribution < 1.29 is 0 Å². The van der Waals surface area contributed by atoms with Gasteiger partial charge in [-0.15, -0.1) is 0 Å². The zero-order valence-electron chi connectivity index (χ0n) is 30.3. The largest absolute Gasteiger partial charge is 0.264 e. The lowest BCUT2D eigenvalue weighted by molar-refractivity contribution is 1.36. The van der Waals surface area contributed by atoms with E-state index in [0.717, 1.165) is 0 Å². The number of rotatable bonds is 3. The molecule has 2 aliphatic carbocycles. The van der Waals surface area contributed by atoms with E-state index in [2.05, 4.69) is 182 Å². The Kier molecular flexibility index (Phi) is 5.95. The van der Waals surface area contributed by atoms with Gasteiger partial charge in [0.1, 0.15) is 0 Å². The Balaban J connectivity index is 1.15. The molecular weight excluding hydrogens is 675 g/mol. The molecule has 1 nitrogen and oxygen atoms in total. The number of aromatic nitrogens is 1. The predicted molar refractivity (Wildman–Crippen MR) is 237 cm³/mol. The number of fused-ring (bicyclic) bond motifs is 11. The maximum Gasteiger partial charge on any atom is 0.0353 e. The molecule has 0 saturated heterocycles. The lowest BCUT2D eigenvalue weighted by atomic mass is 9.83. The minimum atomic E-state index is 1.17. The molecule has 10 aromatic carbocycles. The normalized spacial score (nSPS) is 12.3. The van der Waals surface area contributed by atoms with Crippen LogP contribution >= 0.6 is 0 Å². The number of hydrogen-bond acceptors (Lipinski definition) is 1. The van der Waals surface area contributed by atoms with Gasteiger partial charge in [-0.1, -0.05) is 158 Å². The van der Waals surface area contributed by atoms with Crippen LogP contribution in [-0.2, 0) is 0 Å². The van der Waals surface area contributed by atoms with E-state index in [1.54, 1.807) is 0 Å². The molecule has 1 heteroatoms. The van der Waals surface area contributed by atoms with Gasteiger partial charge in [-0.2, -0.15) is 0 Å². The summed E-state index contributed by atoms with van der Waals surface area (Å²) in [4.78, 5) is 4.71. The molecule has 11 aromatic rings. The minimum absolute atomic E-state index is 1.17. The molecule has 0 fully saturated rings. The van der Waals surface area contributed by atoms with Crippen molar-refractivity contribution in [2.24, 2.45) is 0 Å². The second-order valence-electron chi connectivity index (χ2n) is 15.3. The summed E-state index contributed by atoms with van der Waals surface area (Å²) in [5, 5.41) is 12.8. The van der Waals surface area contributed by atoms with Crippen LogP contribution < -0.4 is 0 Å². The Labute approximate surface area is 323 Å². The summed E-state index contributed by atoms with van der Waals surface area (Å²) in [6, 6.07) is 65.5. The molecule has 56 heavy (non-hydrogen) atoms. The van der Waals surface area contributed by atoms with Crippen LogP contribution in [0.4, 0.5) is 0 Å². The Hall–Kier alpha value is -7.35. The standard InChI is InChI=1S/C55H31N/c1-3-13-32(14-4-1)50-42-27-28-56-31-49(42)51(33-15-5-2-6-16-33)54-43-24-12-22-40-38(25-26-44(53(40)43)55(50)54)45-29-47-41-23-11-21-39-34-17-7-10-20-37(34)48(52(39)41)30-46(47)36-19-9-8-18-35(36)45/h1-31H. The van der Waals surface area contributed by atoms with Gasteiger partial charge in [-0.3, -0.25) is 4.98 Å². The summed E-state index contributed by atoms with van der Waals surface area (Å²) in [7, 11) is 0. The summed E-state index contributed by atoms with van der Waals surface area (Å²) >= 11 is 0. The summed E-state index contributed by atoms with van der Waals surface area (Å²) in [5.41, 5.74) is 18.0. The second kappa shape index (κ2) is 11.1. The van der Waals surface area contributed by atoms with Crippen LogP contribution in [-0.4, -0.2) is 4.98 Å². The third-order valence-corrected chi connectivity index (χ3v) is 12.6. The average Bonchev–Trinajstić information content (AvgIpc) is 3.77. The van der Waals surface area contributed by atoms with E-state index in [0.29, 0.717) is 0 Å². The van der Waals surface area contributed by atoms with Crippen molar-refractivity contribution in [2.45, 2.75) is 0 Å². The fourth-order valence-electron chi connectivity index (χ4n) is 10.4. The van der Waals surface area contributed by atoms with Crippen molar-refractivity contribution in [3.63, 3.8) is 0 Å². The van der Waals surface area contributed by atoms with Crippen LogP contribution in [0.25, 0.3) is 132 Å². The Morgan fingerprint density at radius 3 is 1.54 bits per heavy atom. The summed E-state index contributed by atoms with van der Waals surface area (Å²) in [6.45, 7) is 0. The third-order valence-electron chi connectivity index (χ3n) is 12.6. The molecule has 0 aliphatic heterocycles. The fourth-order valence-corrected chi connectivity index (χ4v) is 10.4. The fraction of sp³-hybridized carbons (Fsp3) is 0. The highest BCUT2D eigenvalue weighted by Crippen LogP contribution is 2.59. The van der Waals surface area contributed by atoms with Crippen molar-refractivity contribution in [3.8, 4) is 77.9 Å². The van der Waals surface area contributed by atoms with Crippen LogP contribution in [0.15, 0.2) is 188 Å². The molecule has 0 amide bonds. The van der Waals surface area contributed by atoms with Gasteiger partial charge in [0.2, 0.25) is 0 Å². The summed E-state index contributed by atoms with van der Waals surface area (Å²) in [5.74, 6) is 0. The zero-order valence-corrected chi connectivity index (χ0v) is 30.3. The molecule has 0 radical (unpaired) electrons. The van der Waals surface area contributed by atoms with Gasteiger partial charge in [-0.05, 0) is 145 Å². The predicted octanol–water partition coefficient (Wildman–Crippen LogP) is 15.1. The smallest absolute Gasteiger partial charge is 0.0353 e. The first-order valence-electron chi connectivity index (χ1n) is 19.5. The van der Waals surface area contributed by atoms with E-state index < -0.39 is 0 Å². The zero-order chi connectivity index (χ0) is 36.5. The van der Waals surface area contributed by atoms with Gasteiger partial charge >= 0.3 is 0 Å². The molecule has 13 rings (SSSR count). The third kappa shape index (κ3) is 3.86. The van der Waals surface area contributed by atoms with Crippen LogP contribution in [0.1, 0.15) is 0 Å². The molecule has 1 heterocycles. The van der Waals surface area contributed by atoms with E-state index in [1.807, 2.05) is 6.20 Å². The second-order valence-corrected chi connectivity index (χ2v) is 15.3. The molecule has 0 saturated carbocycles. The highest BCUT2D eigenvalue weighted by atomic mass is 14.6. The molecule has 0 atom stereocenters. The Morgan fingerprint density at radius 2 is 0.768 bits per heavy atom. The number of nitrogens with zero attached hydrogens (tertiary/aromatic N) is 1. The molecular formula is C55H31N. The number of benzene rings is 10. The Bertz CT molecular complexity index is 3410. The van der Waals surface area contributed by atoms with E-state index in [-0.39, 0.29) is 0 Å². The van der Waals surface area contributed by atoms with E-state index in [1.165, 1.54) is 132 Å². The van der Waals surface area contributed by atoms with Crippen LogP contribution in [0.5, 0.6) is 0 Å². The topological polar surface area (TPSA) is 12.9 Å². The van der Waals surface area contributed by atoms with E-state index in [4.69, 9.17) is 4.98 Å². The first-order chi connectivity index (χ1) is 27.8.